The van der Waals surface area contributed by atoms with E-state index in [1.165, 1.54) is 25.1 Å². The van der Waals surface area contributed by atoms with E-state index in [0.717, 1.165) is 17.7 Å². The van der Waals surface area contributed by atoms with Gasteiger partial charge in [0.2, 0.25) is 5.91 Å². The van der Waals surface area contributed by atoms with Gasteiger partial charge in [0.15, 0.2) is 10.9 Å². The fourth-order valence-electron chi connectivity index (χ4n) is 2.73. The Kier molecular flexibility index (Phi) is 11.0. The number of aromatic nitrogens is 2. The molecule has 0 aliphatic heterocycles. The Bertz CT molecular complexity index is 914. The molecule has 0 bridgehead atoms. The molecule has 0 aliphatic carbocycles. The third kappa shape index (κ3) is 8.47. The Balaban J connectivity index is 2.10. The topological polar surface area (TPSA) is 110 Å². The van der Waals surface area contributed by atoms with E-state index in [2.05, 4.69) is 25.3 Å². The highest BCUT2D eigenvalue weighted by atomic mass is 35.5. The Morgan fingerprint density at radius 2 is 1.97 bits per heavy atom. The number of ether oxygens (including phenoxy) is 1. The second-order valence-electron chi connectivity index (χ2n) is 6.88. The van der Waals surface area contributed by atoms with Crippen molar-refractivity contribution in [1.29, 1.82) is 0 Å². The van der Waals surface area contributed by atoms with Crippen molar-refractivity contribution in [1.82, 2.24) is 20.6 Å². The van der Waals surface area contributed by atoms with Crippen LogP contribution >= 0.6 is 23.4 Å². The van der Waals surface area contributed by atoms with Crippen LogP contribution in [0, 0.1) is 0 Å². The molecule has 2 aromatic rings. The summed E-state index contributed by atoms with van der Waals surface area (Å²) in [5, 5.41) is 6.07. The highest BCUT2D eigenvalue weighted by Gasteiger charge is 2.24. The Morgan fingerprint density at radius 1 is 1.22 bits per heavy atom. The first-order valence-corrected chi connectivity index (χ1v) is 11.7. The number of carbonyl (C=O) groups excluding carboxylic acids is 3. The molecule has 0 radical (unpaired) electrons. The normalized spacial score (nSPS) is 11.5. The summed E-state index contributed by atoms with van der Waals surface area (Å²) in [5.41, 5.74) is 0.910. The fraction of sp³-hybridized carbons (Fsp3) is 0.409. The number of nitrogens with zero attached hydrogens (tertiary/aromatic N) is 2. The minimum atomic E-state index is -0.846. The average Bonchev–Trinajstić information content (AvgIpc) is 2.81. The first-order valence-electron chi connectivity index (χ1n) is 10.3. The zero-order chi connectivity index (χ0) is 23.3. The molecule has 0 saturated heterocycles. The van der Waals surface area contributed by atoms with Crippen molar-refractivity contribution in [3.63, 3.8) is 0 Å². The zero-order valence-electron chi connectivity index (χ0n) is 18.1. The van der Waals surface area contributed by atoms with Crippen molar-refractivity contribution in [3.8, 4) is 0 Å². The van der Waals surface area contributed by atoms with E-state index in [9.17, 15) is 14.4 Å². The maximum Gasteiger partial charge on any atom is 0.305 e. The fourth-order valence-corrected chi connectivity index (χ4v) is 3.57. The lowest BCUT2D eigenvalue weighted by Crippen LogP contribution is -2.48. The van der Waals surface area contributed by atoms with Crippen LogP contribution in [-0.2, 0) is 20.7 Å². The zero-order valence-corrected chi connectivity index (χ0v) is 19.7. The minimum absolute atomic E-state index is 0.0248. The largest absolute Gasteiger partial charge is 0.469 e. The number of hydrogen-bond donors (Lipinski definition) is 2. The van der Waals surface area contributed by atoms with Crippen LogP contribution in [-0.4, -0.2) is 53.2 Å². The van der Waals surface area contributed by atoms with Crippen molar-refractivity contribution >= 4 is 41.1 Å². The van der Waals surface area contributed by atoms with E-state index >= 15 is 0 Å². The number of carbonyl (C=O) groups is 3. The van der Waals surface area contributed by atoms with Crippen molar-refractivity contribution < 1.29 is 19.1 Å². The smallest absolute Gasteiger partial charge is 0.305 e. The number of esters is 1. The molecule has 0 fully saturated rings. The van der Waals surface area contributed by atoms with Crippen molar-refractivity contribution in [2.75, 3.05) is 19.4 Å². The lowest BCUT2D eigenvalue weighted by molar-refractivity contribution is -0.140. The van der Waals surface area contributed by atoms with Gasteiger partial charge in [-0.05, 0) is 18.4 Å². The van der Waals surface area contributed by atoms with E-state index < -0.39 is 11.9 Å². The lowest BCUT2D eigenvalue weighted by Gasteiger charge is -2.19. The molecule has 1 aromatic carbocycles. The number of rotatable bonds is 12. The third-order valence-corrected chi connectivity index (χ3v) is 5.71. The molecule has 0 saturated carbocycles. The second-order valence-corrected chi connectivity index (χ2v) is 8.35. The summed E-state index contributed by atoms with van der Waals surface area (Å²) in [6.07, 6.45) is 3.24. The number of benzene rings is 1. The number of methoxy groups -OCH3 is 1. The maximum absolute atomic E-state index is 12.9. The second kappa shape index (κ2) is 13.7. The minimum Gasteiger partial charge on any atom is -0.469 e. The van der Waals surface area contributed by atoms with Crippen LogP contribution in [0.1, 0.15) is 42.2 Å². The summed E-state index contributed by atoms with van der Waals surface area (Å²) in [5.74, 6) is -0.449. The van der Waals surface area contributed by atoms with Crippen molar-refractivity contribution in [2.24, 2.45) is 0 Å². The molecule has 2 amide bonds. The van der Waals surface area contributed by atoms with Gasteiger partial charge >= 0.3 is 5.97 Å². The summed E-state index contributed by atoms with van der Waals surface area (Å²) >= 11 is 7.58. The van der Waals surface area contributed by atoms with Crippen LogP contribution in [0.5, 0.6) is 0 Å². The number of nitrogens with one attached hydrogen (secondary N) is 2. The lowest BCUT2D eigenvalue weighted by atomic mass is 10.0. The van der Waals surface area contributed by atoms with Gasteiger partial charge in [0.1, 0.15) is 6.04 Å². The van der Waals surface area contributed by atoms with E-state index in [4.69, 9.17) is 11.6 Å². The Hall–Kier alpha value is -2.65. The highest BCUT2D eigenvalue weighted by Crippen LogP contribution is 2.19. The van der Waals surface area contributed by atoms with Crippen LogP contribution in [0.4, 0.5) is 0 Å². The van der Waals surface area contributed by atoms with Gasteiger partial charge in [-0.15, -0.1) is 0 Å². The molecule has 1 heterocycles. The molecule has 172 valence electrons. The van der Waals surface area contributed by atoms with Crippen LogP contribution in [0.15, 0.2) is 41.7 Å². The van der Waals surface area contributed by atoms with Gasteiger partial charge in [0.05, 0.1) is 18.3 Å². The van der Waals surface area contributed by atoms with Gasteiger partial charge in [-0.3, -0.25) is 14.4 Å². The van der Waals surface area contributed by atoms with Gasteiger partial charge in [0.25, 0.3) is 5.91 Å². The Morgan fingerprint density at radius 3 is 2.66 bits per heavy atom. The molecule has 1 atom stereocenters. The van der Waals surface area contributed by atoms with Crippen LogP contribution in [0.3, 0.4) is 0 Å². The van der Waals surface area contributed by atoms with Gasteiger partial charge in [-0.2, -0.15) is 0 Å². The van der Waals surface area contributed by atoms with E-state index in [1.54, 1.807) is 0 Å². The quantitative estimate of drug-likeness (QED) is 0.209. The van der Waals surface area contributed by atoms with Gasteiger partial charge < -0.3 is 15.4 Å². The molecule has 10 heteroatoms. The number of amides is 2. The van der Waals surface area contributed by atoms with Crippen LogP contribution in [0.25, 0.3) is 0 Å². The Labute approximate surface area is 196 Å². The monoisotopic (exact) mass is 478 g/mol. The number of thioether (sulfide) groups is 1. The summed E-state index contributed by atoms with van der Waals surface area (Å²) in [6, 6.07) is 8.50. The molecule has 8 nitrogen and oxygen atoms in total. The molecule has 0 spiro atoms. The van der Waals surface area contributed by atoms with E-state index in [-0.39, 0.29) is 42.0 Å². The first kappa shape index (κ1) is 25.6. The van der Waals surface area contributed by atoms with Crippen LogP contribution < -0.4 is 10.6 Å². The standard InChI is InChI=1S/C22H27ClN4O4S/c1-3-12-32-22-25-14-16(23)19(27-22)21(30)26-17(13-15-8-5-4-6-9-15)20(29)24-11-7-10-18(28)31-2/h4-6,8-9,14,17H,3,7,10-13H2,1-2H3,(H,24,29)(H,26,30)/t17-/m1/s1. The first-order chi connectivity index (χ1) is 15.4. The SMILES string of the molecule is CCCSc1ncc(Cl)c(C(=O)N[C@H](Cc2ccccc2)C(=O)NCCCC(=O)OC)n1. The van der Waals surface area contributed by atoms with Gasteiger partial charge in [-0.1, -0.05) is 60.6 Å². The van der Waals surface area contributed by atoms with Gasteiger partial charge in [-0.25, -0.2) is 9.97 Å². The summed E-state index contributed by atoms with van der Waals surface area (Å²) in [6.45, 7) is 2.32. The summed E-state index contributed by atoms with van der Waals surface area (Å²) in [4.78, 5) is 45.4. The van der Waals surface area contributed by atoms with E-state index in [0.29, 0.717) is 11.6 Å². The van der Waals surface area contributed by atoms with Gasteiger partial charge in [0, 0.05) is 25.1 Å². The maximum atomic E-state index is 12.9. The highest BCUT2D eigenvalue weighted by molar-refractivity contribution is 7.99. The van der Waals surface area contributed by atoms with Crippen LogP contribution in [0.2, 0.25) is 5.02 Å². The molecule has 2 rings (SSSR count). The predicted octanol–water partition coefficient (Wildman–Crippen LogP) is 3.04. The molecule has 1 aromatic heterocycles. The molecule has 0 unspecified atom stereocenters. The number of halogens is 1. The van der Waals surface area contributed by atoms with E-state index in [1.807, 2.05) is 37.3 Å². The van der Waals surface area contributed by atoms with Crippen molar-refractivity contribution in [2.45, 2.75) is 43.8 Å². The summed E-state index contributed by atoms with van der Waals surface area (Å²) < 4.78 is 4.60. The summed E-state index contributed by atoms with van der Waals surface area (Å²) in [7, 11) is 1.32. The third-order valence-electron chi connectivity index (χ3n) is 4.36. The molecule has 32 heavy (non-hydrogen) atoms. The van der Waals surface area contributed by atoms with Crippen molar-refractivity contribution in [3.05, 3.63) is 52.8 Å². The molecule has 2 N–H and O–H groups in total. The number of hydrogen-bond acceptors (Lipinski definition) is 7. The average molecular weight is 479 g/mol. The molecular formula is C22H27ClN4O4S. The molecule has 0 aliphatic rings. The molecular weight excluding hydrogens is 452 g/mol. The predicted molar refractivity (Wildman–Crippen MR) is 124 cm³/mol.